The number of nitro groups is 1. The molecule has 0 N–H and O–H groups in total. The summed E-state index contributed by atoms with van der Waals surface area (Å²) in [6.45, 7) is 1.58. The predicted molar refractivity (Wildman–Crippen MR) is 95.8 cm³/mol. The summed E-state index contributed by atoms with van der Waals surface area (Å²) in [5, 5.41) is 10.9. The van der Waals surface area contributed by atoms with Crippen LogP contribution >= 0.6 is 15.9 Å². The van der Waals surface area contributed by atoms with Crippen LogP contribution in [0.4, 0.5) is 5.69 Å². The fourth-order valence-corrected chi connectivity index (χ4v) is 2.56. The van der Waals surface area contributed by atoms with Gasteiger partial charge in [-0.3, -0.25) is 14.9 Å². The molecular formula is C18H16BrNO5. The summed E-state index contributed by atoms with van der Waals surface area (Å²) in [6.07, 6.45) is 0.636. The van der Waals surface area contributed by atoms with E-state index in [9.17, 15) is 19.7 Å². The Morgan fingerprint density at radius 1 is 1.16 bits per heavy atom. The van der Waals surface area contributed by atoms with Gasteiger partial charge in [-0.25, -0.2) is 4.79 Å². The standard InChI is InChI=1S/C18H16BrNO5/c1-12-15(4-2-5-16(12)20(23)24)18(22)25-11-3-6-17(21)13-7-9-14(19)10-8-13/h2,4-5,7-10H,3,6,11H2,1H3. The molecule has 0 amide bonds. The fourth-order valence-electron chi connectivity index (χ4n) is 2.30. The van der Waals surface area contributed by atoms with Crippen molar-refractivity contribution >= 4 is 33.4 Å². The Labute approximate surface area is 153 Å². The molecule has 2 rings (SSSR count). The number of carbonyl (C=O) groups excluding carboxylic acids is 2. The summed E-state index contributed by atoms with van der Waals surface area (Å²) in [6, 6.07) is 11.3. The van der Waals surface area contributed by atoms with Crippen LogP contribution in [-0.2, 0) is 4.74 Å². The van der Waals surface area contributed by atoms with Crippen molar-refractivity contribution in [3.63, 3.8) is 0 Å². The summed E-state index contributed by atoms with van der Waals surface area (Å²) in [7, 11) is 0. The summed E-state index contributed by atoms with van der Waals surface area (Å²) in [5.74, 6) is -0.660. The molecule has 0 aliphatic carbocycles. The minimum absolute atomic E-state index is 0.0323. The molecule has 0 saturated heterocycles. The zero-order valence-electron chi connectivity index (χ0n) is 13.5. The fraction of sp³-hybridized carbons (Fsp3) is 0.222. The van der Waals surface area contributed by atoms with Crippen molar-refractivity contribution in [2.75, 3.05) is 6.61 Å². The first kappa shape index (κ1) is 18.8. The molecule has 0 aliphatic heterocycles. The van der Waals surface area contributed by atoms with Gasteiger partial charge >= 0.3 is 5.97 Å². The van der Waals surface area contributed by atoms with Gasteiger partial charge in [-0.1, -0.05) is 34.1 Å². The number of ether oxygens (including phenoxy) is 1. The molecule has 0 heterocycles. The second-order valence-corrected chi connectivity index (χ2v) is 6.29. The van der Waals surface area contributed by atoms with Gasteiger partial charge in [0.1, 0.15) is 0 Å². The van der Waals surface area contributed by atoms with Gasteiger partial charge in [0.05, 0.1) is 17.1 Å². The van der Waals surface area contributed by atoms with E-state index < -0.39 is 10.9 Å². The Hall–Kier alpha value is -2.54. The monoisotopic (exact) mass is 405 g/mol. The largest absolute Gasteiger partial charge is 0.462 e. The molecule has 0 fully saturated rings. The molecule has 2 aromatic rings. The third kappa shape index (κ3) is 4.96. The van der Waals surface area contributed by atoms with E-state index in [0.29, 0.717) is 12.0 Å². The second kappa shape index (κ2) is 8.53. The van der Waals surface area contributed by atoms with Gasteiger partial charge in [0.15, 0.2) is 5.78 Å². The maximum Gasteiger partial charge on any atom is 0.338 e. The van der Waals surface area contributed by atoms with Gasteiger partial charge in [0.2, 0.25) is 0 Å². The number of esters is 1. The molecule has 0 radical (unpaired) electrons. The van der Waals surface area contributed by atoms with Crippen LogP contribution in [0.5, 0.6) is 0 Å². The SMILES string of the molecule is Cc1c(C(=O)OCCCC(=O)c2ccc(Br)cc2)cccc1[N+](=O)[O-]. The second-order valence-electron chi connectivity index (χ2n) is 5.38. The van der Waals surface area contributed by atoms with E-state index in [-0.39, 0.29) is 35.6 Å². The molecule has 0 bridgehead atoms. The molecule has 7 heteroatoms. The van der Waals surface area contributed by atoms with Crippen molar-refractivity contribution in [1.82, 2.24) is 0 Å². The predicted octanol–water partition coefficient (Wildman–Crippen LogP) is 4.49. The summed E-state index contributed by atoms with van der Waals surface area (Å²) in [4.78, 5) is 34.4. The number of hydrogen-bond donors (Lipinski definition) is 0. The minimum atomic E-state index is -0.628. The number of benzene rings is 2. The third-order valence-electron chi connectivity index (χ3n) is 3.67. The highest BCUT2D eigenvalue weighted by Gasteiger charge is 2.18. The normalized spacial score (nSPS) is 10.3. The molecule has 0 spiro atoms. The number of hydrogen-bond acceptors (Lipinski definition) is 5. The molecule has 25 heavy (non-hydrogen) atoms. The third-order valence-corrected chi connectivity index (χ3v) is 4.20. The first-order chi connectivity index (χ1) is 11.9. The number of rotatable bonds is 7. The van der Waals surface area contributed by atoms with E-state index >= 15 is 0 Å². The Kier molecular flexibility index (Phi) is 6.41. The van der Waals surface area contributed by atoms with Crippen LogP contribution in [0, 0.1) is 17.0 Å². The highest BCUT2D eigenvalue weighted by atomic mass is 79.9. The van der Waals surface area contributed by atoms with Crippen LogP contribution in [0.15, 0.2) is 46.9 Å². The molecule has 6 nitrogen and oxygen atoms in total. The van der Waals surface area contributed by atoms with Crippen LogP contribution in [-0.4, -0.2) is 23.3 Å². The summed E-state index contributed by atoms with van der Waals surface area (Å²) < 4.78 is 6.02. The number of carbonyl (C=O) groups is 2. The molecule has 0 saturated carbocycles. The maximum atomic E-state index is 12.1. The Morgan fingerprint density at radius 2 is 1.84 bits per heavy atom. The van der Waals surface area contributed by atoms with E-state index in [1.165, 1.54) is 25.1 Å². The van der Waals surface area contributed by atoms with E-state index in [0.717, 1.165) is 4.47 Å². The number of nitrogens with zero attached hydrogens (tertiary/aromatic N) is 1. The molecule has 2 aromatic carbocycles. The lowest BCUT2D eigenvalue weighted by Gasteiger charge is -2.07. The highest BCUT2D eigenvalue weighted by molar-refractivity contribution is 9.10. The molecule has 0 aliphatic rings. The van der Waals surface area contributed by atoms with Crippen LogP contribution < -0.4 is 0 Å². The van der Waals surface area contributed by atoms with E-state index in [1.54, 1.807) is 24.3 Å². The van der Waals surface area contributed by atoms with Crippen molar-refractivity contribution in [3.8, 4) is 0 Å². The van der Waals surface area contributed by atoms with Gasteiger partial charge in [-0.15, -0.1) is 0 Å². The van der Waals surface area contributed by atoms with Crippen molar-refractivity contribution in [1.29, 1.82) is 0 Å². The Balaban J connectivity index is 1.87. The number of Topliss-reactive ketones (excluding diaryl/α,β-unsaturated/α-hetero) is 1. The van der Waals surface area contributed by atoms with E-state index in [1.807, 2.05) is 0 Å². The van der Waals surface area contributed by atoms with Gasteiger partial charge in [-0.2, -0.15) is 0 Å². The van der Waals surface area contributed by atoms with Crippen molar-refractivity contribution in [2.45, 2.75) is 19.8 Å². The minimum Gasteiger partial charge on any atom is -0.462 e. The van der Waals surface area contributed by atoms with Crippen LogP contribution in [0.1, 0.15) is 39.1 Å². The smallest absolute Gasteiger partial charge is 0.338 e. The van der Waals surface area contributed by atoms with Gasteiger partial charge in [0, 0.05) is 28.1 Å². The van der Waals surface area contributed by atoms with Crippen molar-refractivity contribution in [3.05, 3.63) is 73.7 Å². The topological polar surface area (TPSA) is 86.5 Å². The average Bonchev–Trinajstić information content (AvgIpc) is 2.58. The van der Waals surface area contributed by atoms with Crippen LogP contribution in [0.2, 0.25) is 0 Å². The van der Waals surface area contributed by atoms with Crippen molar-refractivity contribution < 1.29 is 19.2 Å². The molecule has 130 valence electrons. The average molecular weight is 406 g/mol. The molecule has 0 atom stereocenters. The zero-order valence-corrected chi connectivity index (χ0v) is 15.1. The van der Waals surface area contributed by atoms with Crippen LogP contribution in [0.3, 0.4) is 0 Å². The lowest BCUT2D eigenvalue weighted by atomic mass is 10.1. The first-order valence-corrected chi connectivity index (χ1v) is 8.39. The highest BCUT2D eigenvalue weighted by Crippen LogP contribution is 2.21. The van der Waals surface area contributed by atoms with Crippen LogP contribution in [0.25, 0.3) is 0 Å². The Morgan fingerprint density at radius 3 is 2.48 bits per heavy atom. The number of ketones is 1. The zero-order chi connectivity index (χ0) is 18.4. The van der Waals surface area contributed by atoms with Crippen molar-refractivity contribution in [2.24, 2.45) is 0 Å². The van der Waals surface area contributed by atoms with Gasteiger partial charge < -0.3 is 4.74 Å². The molecule has 0 unspecified atom stereocenters. The lowest BCUT2D eigenvalue weighted by molar-refractivity contribution is -0.385. The maximum absolute atomic E-state index is 12.1. The lowest BCUT2D eigenvalue weighted by Crippen LogP contribution is -2.10. The van der Waals surface area contributed by atoms with Gasteiger partial charge in [0.25, 0.3) is 5.69 Å². The molecule has 0 aromatic heterocycles. The first-order valence-electron chi connectivity index (χ1n) is 7.60. The summed E-state index contributed by atoms with van der Waals surface area (Å²) >= 11 is 3.31. The van der Waals surface area contributed by atoms with Gasteiger partial charge in [-0.05, 0) is 31.5 Å². The summed E-state index contributed by atoms with van der Waals surface area (Å²) in [5.41, 5.74) is 0.904. The number of halogens is 1. The number of nitro benzene ring substituents is 1. The van der Waals surface area contributed by atoms with E-state index in [4.69, 9.17) is 4.74 Å². The Bertz CT molecular complexity index is 802. The van der Waals surface area contributed by atoms with E-state index in [2.05, 4.69) is 15.9 Å². The molecular weight excluding hydrogens is 390 g/mol. The quantitative estimate of drug-likeness (QED) is 0.222.